The maximum atomic E-state index is 9.94. The lowest BCUT2D eigenvalue weighted by atomic mass is 9.77. The Bertz CT molecular complexity index is 388. The largest absolute Gasteiger partial charge is 0.507 e. The van der Waals surface area contributed by atoms with Gasteiger partial charge in [-0.2, -0.15) is 0 Å². The van der Waals surface area contributed by atoms with Gasteiger partial charge in [0.1, 0.15) is 5.75 Å². The van der Waals surface area contributed by atoms with Crippen molar-refractivity contribution in [2.45, 2.75) is 45.7 Å². The van der Waals surface area contributed by atoms with Crippen molar-refractivity contribution in [1.82, 2.24) is 0 Å². The zero-order valence-electron chi connectivity index (χ0n) is 11.7. The summed E-state index contributed by atoms with van der Waals surface area (Å²) in [5, 5.41) is 11.1. The van der Waals surface area contributed by atoms with Crippen molar-refractivity contribution in [3.63, 3.8) is 0 Å². The second-order valence-corrected chi connectivity index (χ2v) is 7.66. The quantitative estimate of drug-likeness (QED) is 0.813. The second-order valence-electron chi connectivity index (χ2n) is 6.09. The average Bonchev–Trinajstić information content (AvgIpc) is 2.32. The van der Waals surface area contributed by atoms with Crippen molar-refractivity contribution >= 4 is 13.9 Å². The van der Waals surface area contributed by atoms with Crippen LogP contribution in [0, 0.1) is 17.8 Å². The molecular weight excluding hydrogens is 239 g/mol. The summed E-state index contributed by atoms with van der Waals surface area (Å²) in [4.78, 5) is 0. The van der Waals surface area contributed by atoms with Crippen LogP contribution in [-0.4, -0.2) is 10.8 Å². The Morgan fingerprint density at radius 1 is 1.22 bits per heavy atom. The zero-order chi connectivity index (χ0) is 13.1. The van der Waals surface area contributed by atoms with Gasteiger partial charge in [-0.05, 0) is 42.3 Å². The van der Waals surface area contributed by atoms with Crippen molar-refractivity contribution < 1.29 is 5.11 Å². The average molecular weight is 264 g/mol. The van der Waals surface area contributed by atoms with E-state index < -0.39 is 0 Å². The van der Waals surface area contributed by atoms with Crippen LogP contribution in [0.25, 0.3) is 0 Å². The molecule has 4 atom stereocenters. The summed E-state index contributed by atoms with van der Waals surface area (Å²) in [6, 6.07) is 7.86. The summed E-state index contributed by atoms with van der Waals surface area (Å²) < 4.78 is 0. The molecule has 1 saturated carbocycles. The molecule has 0 spiro atoms. The summed E-state index contributed by atoms with van der Waals surface area (Å²) in [7, 11) is 0.762. The van der Waals surface area contributed by atoms with Gasteiger partial charge in [-0.1, -0.05) is 54.0 Å². The molecule has 1 aromatic rings. The topological polar surface area (TPSA) is 20.2 Å². The number of para-hydroxylation sites is 1. The number of rotatable bonds is 3. The lowest BCUT2D eigenvalue weighted by molar-refractivity contribution is 0.243. The van der Waals surface area contributed by atoms with Gasteiger partial charge in [0.2, 0.25) is 0 Å². The highest BCUT2D eigenvalue weighted by atomic mass is 31.1. The first-order valence-corrected chi connectivity index (χ1v) is 8.20. The predicted molar refractivity (Wildman–Crippen MR) is 81.2 cm³/mol. The second kappa shape index (κ2) is 6.06. The van der Waals surface area contributed by atoms with Gasteiger partial charge in [0.25, 0.3) is 0 Å². The molecule has 0 aliphatic heterocycles. The van der Waals surface area contributed by atoms with Crippen LogP contribution in [0.1, 0.15) is 40.0 Å². The molecule has 18 heavy (non-hydrogen) atoms. The Morgan fingerprint density at radius 3 is 2.61 bits per heavy atom. The first-order valence-electron chi connectivity index (χ1n) is 7.12. The third kappa shape index (κ3) is 3.26. The third-order valence-electron chi connectivity index (χ3n) is 4.27. The summed E-state index contributed by atoms with van der Waals surface area (Å²) in [6.45, 7) is 7.07. The van der Waals surface area contributed by atoms with Gasteiger partial charge < -0.3 is 5.11 Å². The highest BCUT2D eigenvalue weighted by molar-refractivity contribution is 7.48. The van der Waals surface area contributed by atoms with Crippen molar-refractivity contribution in [2.75, 3.05) is 0 Å². The summed E-state index contributed by atoms with van der Waals surface area (Å²) in [5.74, 6) is 2.93. The minimum Gasteiger partial charge on any atom is -0.507 e. The van der Waals surface area contributed by atoms with Gasteiger partial charge in [0.05, 0.1) is 0 Å². The molecule has 2 rings (SSSR count). The maximum Gasteiger partial charge on any atom is 0.122 e. The molecule has 1 N–H and O–H groups in total. The van der Waals surface area contributed by atoms with Crippen LogP contribution in [0.4, 0.5) is 0 Å². The number of phenolic OH excluding ortho intramolecular Hbond substituents is 1. The Kier molecular flexibility index (Phi) is 4.67. The zero-order valence-corrected chi connectivity index (χ0v) is 12.7. The number of benzene rings is 1. The van der Waals surface area contributed by atoms with Crippen molar-refractivity contribution in [3.05, 3.63) is 24.3 Å². The molecular formula is C16H25OP. The van der Waals surface area contributed by atoms with Crippen molar-refractivity contribution in [2.24, 2.45) is 17.8 Å². The fourth-order valence-corrected chi connectivity index (χ4v) is 5.27. The standard InChI is InChI=1S/C16H25OP/c1-11(2)13-9-8-12(3)10-16(13)18-15-7-5-4-6-14(15)17/h4-7,11-13,16-18H,8-10H2,1-3H3/t12-,13?,16?/m1/s1. The number of hydrogen-bond donors (Lipinski definition) is 1. The Balaban J connectivity index is 2.11. The van der Waals surface area contributed by atoms with Gasteiger partial charge in [-0.3, -0.25) is 0 Å². The van der Waals surface area contributed by atoms with Crippen LogP contribution in [0.15, 0.2) is 24.3 Å². The lowest BCUT2D eigenvalue weighted by Gasteiger charge is -2.37. The Labute approximate surface area is 113 Å². The van der Waals surface area contributed by atoms with E-state index in [4.69, 9.17) is 0 Å². The SMILES string of the molecule is CC(C)C1CC[C@@H](C)CC1Pc1ccccc1O. The molecule has 3 unspecified atom stereocenters. The molecule has 0 heterocycles. The van der Waals surface area contributed by atoms with Crippen LogP contribution in [0.3, 0.4) is 0 Å². The summed E-state index contributed by atoms with van der Waals surface area (Å²) >= 11 is 0. The van der Waals surface area contributed by atoms with Crippen molar-refractivity contribution in [1.29, 1.82) is 0 Å². The highest BCUT2D eigenvalue weighted by Gasteiger charge is 2.31. The molecule has 1 aromatic carbocycles. The highest BCUT2D eigenvalue weighted by Crippen LogP contribution is 2.43. The molecule has 1 aliphatic carbocycles. The van der Waals surface area contributed by atoms with E-state index in [2.05, 4.69) is 26.8 Å². The minimum absolute atomic E-state index is 0.483. The van der Waals surface area contributed by atoms with E-state index >= 15 is 0 Å². The third-order valence-corrected chi connectivity index (χ3v) is 6.04. The minimum atomic E-state index is 0.483. The molecule has 0 bridgehead atoms. The smallest absolute Gasteiger partial charge is 0.122 e. The fraction of sp³-hybridized carbons (Fsp3) is 0.625. The predicted octanol–water partition coefficient (Wildman–Crippen LogP) is 4.16. The van der Waals surface area contributed by atoms with E-state index in [1.807, 2.05) is 18.2 Å². The first-order chi connectivity index (χ1) is 8.58. The molecule has 1 nitrogen and oxygen atoms in total. The monoisotopic (exact) mass is 264 g/mol. The molecule has 0 saturated heterocycles. The van der Waals surface area contributed by atoms with Crippen LogP contribution < -0.4 is 5.30 Å². The molecule has 0 amide bonds. The number of hydrogen-bond acceptors (Lipinski definition) is 1. The van der Waals surface area contributed by atoms with E-state index in [1.165, 1.54) is 19.3 Å². The number of aromatic hydroxyl groups is 1. The van der Waals surface area contributed by atoms with Crippen LogP contribution >= 0.6 is 8.58 Å². The van der Waals surface area contributed by atoms with E-state index in [0.29, 0.717) is 5.75 Å². The van der Waals surface area contributed by atoms with E-state index in [0.717, 1.165) is 37.3 Å². The van der Waals surface area contributed by atoms with E-state index in [9.17, 15) is 5.11 Å². The van der Waals surface area contributed by atoms with E-state index in [-0.39, 0.29) is 0 Å². The number of phenols is 1. The van der Waals surface area contributed by atoms with Gasteiger partial charge >= 0.3 is 0 Å². The van der Waals surface area contributed by atoms with Crippen LogP contribution in [0.5, 0.6) is 5.75 Å². The Morgan fingerprint density at radius 2 is 1.94 bits per heavy atom. The Hall–Kier alpha value is -0.550. The maximum absolute atomic E-state index is 9.94. The van der Waals surface area contributed by atoms with Gasteiger partial charge in [-0.15, -0.1) is 0 Å². The van der Waals surface area contributed by atoms with Crippen LogP contribution in [-0.2, 0) is 0 Å². The molecule has 2 heteroatoms. The van der Waals surface area contributed by atoms with Crippen LogP contribution in [0.2, 0.25) is 0 Å². The van der Waals surface area contributed by atoms with Gasteiger partial charge in [0.15, 0.2) is 0 Å². The van der Waals surface area contributed by atoms with Gasteiger partial charge in [0, 0.05) is 5.30 Å². The molecule has 100 valence electrons. The molecule has 0 aromatic heterocycles. The lowest BCUT2D eigenvalue weighted by Crippen LogP contribution is -2.30. The molecule has 0 radical (unpaired) electrons. The first kappa shape index (κ1) is 13.9. The van der Waals surface area contributed by atoms with E-state index in [1.54, 1.807) is 0 Å². The summed E-state index contributed by atoms with van der Waals surface area (Å²) in [5.41, 5.74) is 0.766. The normalized spacial score (nSPS) is 29.2. The molecule has 1 fully saturated rings. The van der Waals surface area contributed by atoms with Crippen molar-refractivity contribution in [3.8, 4) is 5.75 Å². The summed E-state index contributed by atoms with van der Waals surface area (Å²) in [6.07, 6.45) is 4.07. The molecule has 1 aliphatic rings. The van der Waals surface area contributed by atoms with Gasteiger partial charge in [-0.25, -0.2) is 0 Å². The fourth-order valence-electron chi connectivity index (χ4n) is 3.16.